The molecule has 0 unspecified atom stereocenters. The molecular weight excluding hydrogens is 507 g/mol. The molecule has 0 atom stereocenters. The molecule has 0 N–H and O–H groups in total. The molecule has 0 amide bonds. The van der Waals surface area contributed by atoms with Crippen molar-refractivity contribution in [2.24, 2.45) is 0 Å². The number of carboxylic acids is 2. The smallest absolute Gasteiger partial charge is 0.550 e. The van der Waals surface area contributed by atoms with E-state index in [4.69, 9.17) is 0 Å². The molecule has 0 aromatic rings. The Kier molecular flexibility index (Phi) is 44.6. The minimum Gasteiger partial charge on any atom is -0.550 e. The standard InChI is InChI=1S/2C18H36O2.B/c2*1-2-3-4-5-6-7-8-9-10-11-12-13-14-15-16-17-18(19)20;/h2*2-17H2,1H3,(H,19,20);/q;;+2/p-2. The number of hydrogen-bond donors (Lipinski definition) is 0. The summed E-state index contributed by atoms with van der Waals surface area (Å²) >= 11 is 0. The van der Waals surface area contributed by atoms with Gasteiger partial charge in [-0.15, -0.1) is 0 Å². The Morgan fingerprint density at radius 1 is 0.317 bits per heavy atom. The first kappa shape index (κ1) is 44.4. The average Bonchev–Trinajstić information content (AvgIpc) is 2.93. The number of carbonyl (C=O) groups is 2. The number of carboxylic acid groups (broad SMARTS) is 2. The molecule has 41 heavy (non-hydrogen) atoms. The van der Waals surface area contributed by atoms with Gasteiger partial charge in [-0.1, -0.05) is 194 Å². The maximum absolute atomic E-state index is 10.2. The van der Waals surface area contributed by atoms with Gasteiger partial charge < -0.3 is 19.8 Å². The van der Waals surface area contributed by atoms with Crippen molar-refractivity contribution >= 4 is 20.4 Å². The van der Waals surface area contributed by atoms with Crippen molar-refractivity contribution < 1.29 is 19.8 Å². The van der Waals surface area contributed by atoms with E-state index in [2.05, 4.69) is 13.8 Å². The number of aliphatic carboxylic acids is 2. The predicted octanol–water partition coefficient (Wildman–Crippen LogP) is 9.61. The van der Waals surface area contributed by atoms with Crippen molar-refractivity contribution in [2.45, 2.75) is 219 Å². The van der Waals surface area contributed by atoms with Crippen LogP contribution < -0.4 is 10.2 Å². The van der Waals surface area contributed by atoms with Crippen LogP contribution in [-0.4, -0.2) is 20.4 Å². The Bertz CT molecular complexity index is 454. The van der Waals surface area contributed by atoms with Gasteiger partial charge in [0.05, 0.1) is 0 Å². The second-order valence-electron chi connectivity index (χ2n) is 12.1. The van der Waals surface area contributed by atoms with Gasteiger partial charge >= 0.3 is 8.41 Å². The Balaban J connectivity index is -0.000000688. The van der Waals surface area contributed by atoms with Crippen LogP contribution >= 0.6 is 0 Å². The Hall–Kier alpha value is -0.995. The third kappa shape index (κ3) is 49.0. The molecule has 0 aromatic carbocycles. The van der Waals surface area contributed by atoms with Gasteiger partial charge in [0.25, 0.3) is 0 Å². The molecule has 0 saturated heterocycles. The molecule has 0 spiro atoms. The number of carbonyl (C=O) groups excluding carboxylic acids is 2. The van der Waals surface area contributed by atoms with E-state index in [0.29, 0.717) is 0 Å². The summed E-state index contributed by atoms with van der Waals surface area (Å²) in [5, 5.41) is 20.4. The van der Waals surface area contributed by atoms with Crippen LogP contribution in [0.1, 0.15) is 219 Å². The Morgan fingerprint density at radius 2 is 0.463 bits per heavy atom. The second kappa shape index (κ2) is 41.1. The summed E-state index contributed by atoms with van der Waals surface area (Å²) < 4.78 is 0. The first-order valence-corrected chi connectivity index (χ1v) is 17.9. The van der Waals surface area contributed by atoms with E-state index in [1.54, 1.807) is 0 Å². The number of rotatable bonds is 32. The van der Waals surface area contributed by atoms with Crippen LogP contribution in [-0.2, 0) is 9.59 Å². The molecule has 0 aliphatic carbocycles. The van der Waals surface area contributed by atoms with Gasteiger partial charge in [0, 0.05) is 11.9 Å². The van der Waals surface area contributed by atoms with Gasteiger partial charge in [0.2, 0.25) is 0 Å². The molecule has 0 fully saturated rings. The van der Waals surface area contributed by atoms with Crippen molar-refractivity contribution in [3.8, 4) is 0 Å². The fourth-order valence-electron chi connectivity index (χ4n) is 5.28. The quantitative estimate of drug-likeness (QED) is 0.0589. The van der Waals surface area contributed by atoms with E-state index in [1.165, 1.54) is 167 Å². The topological polar surface area (TPSA) is 80.3 Å². The summed E-state index contributed by atoms with van der Waals surface area (Å²) in [6.45, 7) is 4.53. The molecule has 0 bridgehead atoms. The molecule has 4 nitrogen and oxygen atoms in total. The number of unbranched alkanes of at least 4 members (excludes halogenated alkanes) is 28. The summed E-state index contributed by atoms with van der Waals surface area (Å²) in [5.41, 5.74) is 0. The van der Waals surface area contributed by atoms with E-state index in [0.717, 1.165) is 25.7 Å². The first-order valence-electron chi connectivity index (χ1n) is 17.9. The van der Waals surface area contributed by atoms with Crippen molar-refractivity contribution in [3.05, 3.63) is 0 Å². The van der Waals surface area contributed by atoms with Crippen LogP contribution in [0.4, 0.5) is 0 Å². The van der Waals surface area contributed by atoms with Crippen molar-refractivity contribution in [1.29, 1.82) is 0 Å². The monoisotopic (exact) mass is 578 g/mol. The third-order valence-corrected chi connectivity index (χ3v) is 7.97. The minimum absolute atomic E-state index is 0. The summed E-state index contributed by atoms with van der Waals surface area (Å²) in [6, 6.07) is 0. The van der Waals surface area contributed by atoms with E-state index < -0.39 is 11.9 Å². The predicted molar refractivity (Wildman–Crippen MR) is 175 cm³/mol. The maximum atomic E-state index is 10.2. The van der Waals surface area contributed by atoms with Gasteiger partial charge in [-0.3, -0.25) is 0 Å². The van der Waals surface area contributed by atoms with E-state index in [9.17, 15) is 19.8 Å². The molecular formula is C36H70BO4. The molecule has 0 heterocycles. The molecule has 1 radical (unpaired) electrons. The second-order valence-corrected chi connectivity index (χ2v) is 12.1. The van der Waals surface area contributed by atoms with Crippen LogP contribution in [0, 0.1) is 0 Å². The molecule has 241 valence electrons. The van der Waals surface area contributed by atoms with Crippen molar-refractivity contribution in [1.82, 2.24) is 0 Å². The van der Waals surface area contributed by atoms with Crippen LogP contribution in [0.5, 0.6) is 0 Å². The Labute approximate surface area is 259 Å². The van der Waals surface area contributed by atoms with Crippen LogP contribution in [0.25, 0.3) is 0 Å². The van der Waals surface area contributed by atoms with Gasteiger partial charge in [0.15, 0.2) is 0 Å². The molecule has 0 aliphatic rings. The van der Waals surface area contributed by atoms with Crippen molar-refractivity contribution in [3.63, 3.8) is 0 Å². The largest absolute Gasteiger partial charge is 2.00 e. The van der Waals surface area contributed by atoms with E-state index in [1.807, 2.05) is 0 Å². The summed E-state index contributed by atoms with van der Waals surface area (Å²) in [6.07, 6.45) is 39.7. The fourth-order valence-corrected chi connectivity index (χ4v) is 5.28. The average molecular weight is 578 g/mol. The summed E-state index contributed by atoms with van der Waals surface area (Å²) in [4.78, 5) is 20.4. The Morgan fingerprint density at radius 3 is 0.610 bits per heavy atom. The summed E-state index contributed by atoms with van der Waals surface area (Å²) in [5.74, 6) is -1.81. The van der Waals surface area contributed by atoms with Crippen molar-refractivity contribution in [2.75, 3.05) is 0 Å². The molecule has 0 aromatic heterocycles. The SMILES string of the molecule is CCCCCCCCCCCCCCCCCC(=O)[O-].CCCCCCCCCCCCCCCCCC(=O)[O-].[B+2]. The fraction of sp³-hybridized carbons (Fsp3) is 0.944. The van der Waals surface area contributed by atoms with E-state index in [-0.39, 0.29) is 21.3 Å². The van der Waals surface area contributed by atoms with Gasteiger partial charge in [-0.05, 0) is 25.7 Å². The zero-order valence-electron chi connectivity index (χ0n) is 27.8. The van der Waals surface area contributed by atoms with Crippen LogP contribution in [0.15, 0.2) is 0 Å². The number of hydrogen-bond acceptors (Lipinski definition) is 4. The summed E-state index contributed by atoms with van der Waals surface area (Å²) in [7, 11) is 0. The van der Waals surface area contributed by atoms with Gasteiger partial charge in [0.1, 0.15) is 0 Å². The third-order valence-electron chi connectivity index (χ3n) is 7.97. The molecule has 0 rings (SSSR count). The van der Waals surface area contributed by atoms with Crippen LogP contribution in [0.3, 0.4) is 0 Å². The molecule has 0 aliphatic heterocycles. The minimum atomic E-state index is -0.903. The zero-order chi connectivity index (χ0) is 29.8. The normalized spacial score (nSPS) is 10.6. The maximum Gasteiger partial charge on any atom is 2.00 e. The first-order chi connectivity index (χ1) is 19.5. The van der Waals surface area contributed by atoms with Gasteiger partial charge in [-0.2, -0.15) is 0 Å². The molecule has 0 saturated carbocycles. The molecule has 5 heteroatoms. The van der Waals surface area contributed by atoms with Crippen LogP contribution in [0.2, 0.25) is 0 Å². The van der Waals surface area contributed by atoms with Gasteiger partial charge in [-0.25, -0.2) is 0 Å². The van der Waals surface area contributed by atoms with E-state index >= 15 is 0 Å². The zero-order valence-corrected chi connectivity index (χ0v) is 27.8.